The molecule has 188 valence electrons. The van der Waals surface area contributed by atoms with Crippen molar-refractivity contribution >= 4 is 34.3 Å². The van der Waals surface area contributed by atoms with Gasteiger partial charge in [0, 0.05) is 25.7 Å². The number of halogens is 1. The number of rotatable bonds is 6. The molecule has 1 atom stereocenters. The molecule has 11 heteroatoms. The van der Waals surface area contributed by atoms with Gasteiger partial charge in [-0.15, -0.1) is 0 Å². The highest BCUT2D eigenvalue weighted by atomic mass is 32.2. The van der Waals surface area contributed by atoms with Crippen molar-refractivity contribution in [1.82, 2.24) is 14.6 Å². The monoisotopic (exact) mass is 511 g/mol. The van der Waals surface area contributed by atoms with Crippen molar-refractivity contribution in [1.29, 1.82) is 0 Å². The van der Waals surface area contributed by atoms with Crippen molar-refractivity contribution in [3.05, 3.63) is 74.8 Å². The first-order chi connectivity index (χ1) is 17.2. The Morgan fingerprint density at radius 2 is 1.97 bits per heavy atom. The molecule has 2 aromatic carbocycles. The second kappa shape index (κ2) is 9.40. The van der Waals surface area contributed by atoms with E-state index in [9.17, 15) is 18.2 Å². The van der Waals surface area contributed by atoms with Crippen LogP contribution in [-0.2, 0) is 24.8 Å². The van der Waals surface area contributed by atoms with Crippen molar-refractivity contribution in [2.45, 2.75) is 39.3 Å². The first kappa shape index (κ1) is 24.0. The number of hydrogen-bond acceptors (Lipinski definition) is 5. The fraction of sp³-hybridized carbons (Fsp3) is 0.280. The summed E-state index contributed by atoms with van der Waals surface area (Å²) in [5.41, 5.74) is 2.30. The highest BCUT2D eigenvalue weighted by Gasteiger charge is 2.31. The van der Waals surface area contributed by atoms with Crippen LogP contribution in [0.4, 0.5) is 21.6 Å². The topological polar surface area (TPSA) is 113 Å². The number of nitrogens with zero attached hydrogens (tertiary/aromatic N) is 1. The van der Waals surface area contributed by atoms with Crippen LogP contribution in [0.25, 0.3) is 0 Å². The lowest BCUT2D eigenvalue weighted by Gasteiger charge is -2.22. The minimum absolute atomic E-state index is 0.0438. The Bertz CT molecular complexity index is 1470. The Hall–Kier alpha value is -3.70. The minimum atomic E-state index is -1.43. The number of aromatic nitrogens is 1. The van der Waals surface area contributed by atoms with Crippen molar-refractivity contribution < 1.29 is 18.1 Å². The Kier molecular flexibility index (Phi) is 6.27. The molecular weight excluding hydrogens is 485 g/mol. The van der Waals surface area contributed by atoms with Crippen LogP contribution in [0.3, 0.4) is 0 Å². The van der Waals surface area contributed by atoms with E-state index in [2.05, 4.69) is 20.1 Å². The number of amides is 1. The van der Waals surface area contributed by atoms with Gasteiger partial charge in [0.2, 0.25) is 0 Å². The molecule has 1 unspecified atom stereocenters. The molecule has 9 nitrogen and oxygen atoms in total. The van der Waals surface area contributed by atoms with Gasteiger partial charge in [-0.2, -0.15) is 0 Å². The van der Waals surface area contributed by atoms with Gasteiger partial charge < -0.3 is 15.4 Å². The average molecular weight is 512 g/mol. The largest absolute Gasteiger partial charge is 0.456 e. The number of fused-ring (bicyclic) bond motifs is 1. The van der Waals surface area contributed by atoms with E-state index >= 15 is 0 Å². The van der Waals surface area contributed by atoms with E-state index < -0.39 is 28.5 Å². The molecule has 1 saturated carbocycles. The third-order valence-corrected chi connectivity index (χ3v) is 6.99. The Labute approximate surface area is 209 Å². The lowest BCUT2D eigenvalue weighted by atomic mass is 10.1. The fourth-order valence-corrected chi connectivity index (χ4v) is 4.75. The van der Waals surface area contributed by atoms with Crippen LogP contribution in [-0.4, -0.2) is 20.7 Å². The number of hydrogen-bond donors (Lipinski definition) is 4. The Morgan fingerprint density at radius 3 is 2.69 bits per heavy atom. The third kappa shape index (κ3) is 4.71. The highest BCUT2D eigenvalue weighted by Crippen LogP contribution is 2.36. The summed E-state index contributed by atoms with van der Waals surface area (Å²) in [4.78, 5) is 26.6. The van der Waals surface area contributed by atoms with E-state index in [-0.39, 0.29) is 34.4 Å². The van der Waals surface area contributed by atoms with Crippen molar-refractivity contribution in [2.75, 3.05) is 10.0 Å². The number of anilines is 3. The third-order valence-electron chi connectivity index (χ3n) is 6.18. The van der Waals surface area contributed by atoms with E-state index in [0.717, 1.165) is 24.0 Å². The molecule has 0 spiro atoms. The van der Waals surface area contributed by atoms with Crippen LogP contribution < -0.4 is 30.4 Å². The van der Waals surface area contributed by atoms with Gasteiger partial charge in [-0.25, -0.2) is 13.3 Å². The number of carbonyl (C=O) groups is 1. The lowest BCUT2D eigenvalue weighted by Crippen LogP contribution is -2.32. The number of ether oxygens (including phenoxy) is 1. The SMILES string of the molecule is Cc1ccc(Nc2c(C(=O)NC3CC3)c(Oc3ccc4c(c3)NS(=O)NC4)c(C)c(=O)n2C)c(F)c1. The van der Waals surface area contributed by atoms with Crippen LogP contribution in [0, 0.1) is 19.7 Å². The van der Waals surface area contributed by atoms with Crippen LogP contribution in [0.15, 0.2) is 41.2 Å². The van der Waals surface area contributed by atoms with Crippen molar-refractivity contribution in [2.24, 2.45) is 7.05 Å². The maximum Gasteiger partial charge on any atom is 0.259 e. The molecule has 4 N–H and O–H groups in total. The first-order valence-corrected chi connectivity index (χ1v) is 12.7. The molecule has 36 heavy (non-hydrogen) atoms. The van der Waals surface area contributed by atoms with Gasteiger partial charge in [0.15, 0.2) is 16.9 Å². The van der Waals surface area contributed by atoms with E-state index in [1.807, 2.05) is 6.07 Å². The van der Waals surface area contributed by atoms with Gasteiger partial charge in [-0.05, 0) is 56.0 Å². The van der Waals surface area contributed by atoms with E-state index in [0.29, 0.717) is 18.0 Å². The predicted molar refractivity (Wildman–Crippen MR) is 136 cm³/mol. The molecule has 1 aliphatic heterocycles. The standard InChI is InChI=1S/C25H26FN5O4S/c1-13-4-9-19(18(26)10-13)29-23-21(24(32)28-16-6-7-16)22(14(2)25(33)31(23)3)35-17-8-5-15-12-27-36(34)30-20(15)11-17/h4-5,8-11,16,27,29-30H,6-7,12H2,1-3H3,(H,28,32). The van der Waals surface area contributed by atoms with E-state index in [1.165, 1.54) is 17.7 Å². The zero-order chi connectivity index (χ0) is 25.6. The molecule has 1 fully saturated rings. The number of pyridine rings is 1. The molecule has 1 aliphatic carbocycles. The first-order valence-electron chi connectivity index (χ1n) is 11.5. The smallest absolute Gasteiger partial charge is 0.259 e. The molecule has 1 aromatic heterocycles. The summed E-state index contributed by atoms with van der Waals surface area (Å²) < 4.78 is 39.7. The average Bonchev–Trinajstić information content (AvgIpc) is 3.65. The molecule has 2 aliphatic rings. The molecule has 3 aromatic rings. The molecule has 0 bridgehead atoms. The summed E-state index contributed by atoms with van der Waals surface area (Å²) in [5.74, 6) is -0.405. The summed E-state index contributed by atoms with van der Waals surface area (Å²) in [6.45, 7) is 3.77. The lowest BCUT2D eigenvalue weighted by molar-refractivity contribution is 0.0948. The summed E-state index contributed by atoms with van der Waals surface area (Å²) in [6.07, 6.45) is 1.73. The predicted octanol–water partition coefficient (Wildman–Crippen LogP) is 3.66. The molecule has 0 radical (unpaired) electrons. The van der Waals surface area contributed by atoms with Crippen molar-refractivity contribution in [3.63, 3.8) is 0 Å². The molecule has 0 saturated heterocycles. The highest BCUT2D eigenvalue weighted by molar-refractivity contribution is 7.84. The zero-order valence-electron chi connectivity index (χ0n) is 20.0. The van der Waals surface area contributed by atoms with Gasteiger partial charge in [-0.1, -0.05) is 12.1 Å². The van der Waals surface area contributed by atoms with Crippen LogP contribution in [0.2, 0.25) is 0 Å². The van der Waals surface area contributed by atoms with Gasteiger partial charge in [-0.3, -0.25) is 18.9 Å². The summed E-state index contributed by atoms with van der Waals surface area (Å²) in [5, 5.41) is 5.89. The number of nitrogens with one attached hydrogen (secondary N) is 4. The second-order valence-corrected chi connectivity index (χ2v) is 10.0. The van der Waals surface area contributed by atoms with Gasteiger partial charge in [0.05, 0.1) is 16.9 Å². The van der Waals surface area contributed by atoms with E-state index in [4.69, 9.17) is 4.74 Å². The number of carbonyl (C=O) groups excluding carboxylic acids is 1. The van der Waals surface area contributed by atoms with Crippen LogP contribution in [0.1, 0.15) is 39.9 Å². The summed E-state index contributed by atoms with van der Waals surface area (Å²) >= 11 is -1.43. The van der Waals surface area contributed by atoms with Gasteiger partial charge >= 0.3 is 0 Å². The van der Waals surface area contributed by atoms with Crippen LogP contribution in [0.5, 0.6) is 11.5 Å². The maximum absolute atomic E-state index is 14.7. The Balaban J connectivity index is 1.63. The number of aryl methyl sites for hydroxylation is 1. The maximum atomic E-state index is 14.7. The number of benzene rings is 2. The van der Waals surface area contributed by atoms with Crippen LogP contribution >= 0.6 is 0 Å². The fourth-order valence-electron chi connectivity index (χ4n) is 4.00. The quantitative estimate of drug-likeness (QED) is 0.403. The zero-order valence-corrected chi connectivity index (χ0v) is 20.8. The molecular formula is C25H26FN5O4S. The summed E-state index contributed by atoms with van der Waals surface area (Å²) in [6, 6.07) is 9.89. The van der Waals surface area contributed by atoms with Gasteiger partial charge in [0.25, 0.3) is 11.5 Å². The second-order valence-electron chi connectivity index (χ2n) is 9.01. The molecule has 5 rings (SSSR count). The molecule has 1 amide bonds. The Morgan fingerprint density at radius 1 is 1.19 bits per heavy atom. The van der Waals surface area contributed by atoms with Crippen molar-refractivity contribution in [3.8, 4) is 11.5 Å². The summed E-state index contributed by atoms with van der Waals surface area (Å²) in [7, 11) is 1.52. The normalized spacial score (nSPS) is 16.6. The molecule has 2 heterocycles. The minimum Gasteiger partial charge on any atom is -0.456 e. The van der Waals surface area contributed by atoms with E-state index in [1.54, 1.807) is 38.1 Å². The van der Waals surface area contributed by atoms with Gasteiger partial charge in [0.1, 0.15) is 22.9 Å².